The van der Waals surface area contributed by atoms with E-state index in [0.29, 0.717) is 16.1 Å². The van der Waals surface area contributed by atoms with E-state index in [-0.39, 0.29) is 5.56 Å². The molecule has 7 heteroatoms. The molecular formula is C12H12N4O2S. The predicted molar refractivity (Wildman–Crippen MR) is 68.3 cm³/mol. The van der Waals surface area contributed by atoms with Crippen LogP contribution in [0.25, 0.3) is 0 Å². The maximum absolute atomic E-state index is 11.3. The van der Waals surface area contributed by atoms with Crippen LogP contribution in [-0.2, 0) is 0 Å². The maximum atomic E-state index is 11.3. The van der Waals surface area contributed by atoms with Crippen LogP contribution in [0.3, 0.4) is 0 Å². The summed E-state index contributed by atoms with van der Waals surface area (Å²) in [6, 6.07) is 5.60. The first kappa shape index (κ1) is 12.2. The van der Waals surface area contributed by atoms with Gasteiger partial charge in [-0.15, -0.1) is 5.10 Å². The highest BCUT2D eigenvalue weighted by atomic mass is 32.2. The van der Waals surface area contributed by atoms with E-state index in [1.807, 2.05) is 13.0 Å². The summed E-state index contributed by atoms with van der Waals surface area (Å²) in [7, 11) is 0. The van der Waals surface area contributed by atoms with Gasteiger partial charge in [0.15, 0.2) is 0 Å². The molecule has 1 aromatic heterocycles. The molecule has 0 bridgehead atoms. The Bertz CT molecular complexity index is 636. The van der Waals surface area contributed by atoms with Crippen molar-refractivity contribution in [3.63, 3.8) is 0 Å². The van der Waals surface area contributed by atoms with Crippen LogP contribution in [-0.4, -0.2) is 31.3 Å². The average molecular weight is 276 g/mol. The van der Waals surface area contributed by atoms with Crippen LogP contribution < -0.4 is 0 Å². The number of hydrogen-bond acceptors (Lipinski definition) is 5. The van der Waals surface area contributed by atoms with E-state index in [0.717, 1.165) is 18.4 Å². The van der Waals surface area contributed by atoms with Crippen LogP contribution in [0, 0.1) is 6.92 Å². The molecule has 1 aromatic carbocycles. The minimum atomic E-state index is -0.934. The molecule has 1 fully saturated rings. The van der Waals surface area contributed by atoms with Gasteiger partial charge in [-0.3, -0.25) is 0 Å². The van der Waals surface area contributed by atoms with E-state index in [1.54, 1.807) is 16.8 Å². The SMILES string of the molecule is Cc1cccc(C(=O)O)c1Sc1nnnn1C1CC1. The molecule has 0 saturated heterocycles. The molecule has 0 radical (unpaired) electrons. The van der Waals surface area contributed by atoms with Gasteiger partial charge in [0.2, 0.25) is 5.16 Å². The van der Waals surface area contributed by atoms with Crippen LogP contribution >= 0.6 is 11.8 Å². The standard InChI is InChI=1S/C12H12N4O2S/c1-7-3-2-4-9(11(17)18)10(7)19-12-13-14-15-16(12)8-5-6-8/h2-4,8H,5-6H2,1H3,(H,17,18). The molecule has 1 N–H and O–H groups in total. The van der Waals surface area contributed by atoms with Crippen LogP contribution in [0.5, 0.6) is 0 Å². The third-order valence-electron chi connectivity index (χ3n) is 2.99. The molecular weight excluding hydrogens is 264 g/mol. The van der Waals surface area contributed by atoms with E-state index in [4.69, 9.17) is 0 Å². The van der Waals surface area contributed by atoms with E-state index >= 15 is 0 Å². The molecule has 98 valence electrons. The summed E-state index contributed by atoms with van der Waals surface area (Å²) in [6.45, 7) is 1.89. The summed E-state index contributed by atoms with van der Waals surface area (Å²) in [5.41, 5.74) is 1.20. The van der Waals surface area contributed by atoms with Gasteiger partial charge < -0.3 is 5.11 Å². The number of tetrazole rings is 1. The Morgan fingerprint density at radius 3 is 2.95 bits per heavy atom. The zero-order valence-corrected chi connectivity index (χ0v) is 11.1. The third-order valence-corrected chi connectivity index (χ3v) is 4.19. The van der Waals surface area contributed by atoms with Crippen LogP contribution in [0.4, 0.5) is 0 Å². The maximum Gasteiger partial charge on any atom is 0.336 e. The number of aromatic nitrogens is 4. The quantitative estimate of drug-likeness (QED) is 0.921. The fraction of sp³-hybridized carbons (Fsp3) is 0.333. The van der Waals surface area contributed by atoms with Crippen LogP contribution in [0.2, 0.25) is 0 Å². The zero-order chi connectivity index (χ0) is 13.4. The molecule has 1 saturated carbocycles. The number of nitrogens with zero attached hydrogens (tertiary/aromatic N) is 4. The molecule has 3 rings (SSSR count). The lowest BCUT2D eigenvalue weighted by molar-refractivity contribution is 0.0693. The average Bonchev–Trinajstić information content (AvgIpc) is 3.12. The second-order valence-corrected chi connectivity index (χ2v) is 5.47. The number of carboxylic acid groups (broad SMARTS) is 1. The molecule has 1 aliphatic carbocycles. The molecule has 19 heavy (non-hydrogen) atoms. The minimum Gasteiger partial charge on any atom is -0.478 e. The molecule has 2 aromatic rings. The Labute approximate surface area is 113 Å². The normalized spacial score (nSPS) is 14.6. The number of aryl methyl sites for hydroxylation is 1. The van der Waals surface area contributed by atoms with Crippen molar-refractivity contribution in [1.29, 1.82) is 0 Å². The largest absolute Gasteiger partial charge is 0.478 e. The van der Waals surface area contributed by atoms with E-state index in [1.165, 1.54) is 11.8 Å². The number of rotatable bonds is 4. The lowest BCUT2D eigenvalue weighted by Gasteiger charge is -2.08. The third kappa shape index (κ3) is 2.33. The summed E-state index contributed by atoms with van der Waals surface area (Å²) < 4.78 is 1.78. The molecule has 0 unspecified atom stereocenters. The van der Waals surface area contributed by atoms with Gasteiger partial charge in [-0.25, -0.2) is 9.48 Å². The van der Waals surface area contributed by atoms with E-state index < -0.39 is 5.97 Å². The topological polar surface area (TPSA) is 80.9 Å². The number of carboxylic acids is 1. The van der Waals surface area contributed by atoms with Crippen molar-refractivity contribution in [3.8, 4) is 0 Å². The Kier molecular flexibility index (Phi) is 2.98. The van der Waals surface area contributed by atoms with Gasteiger partial charge in [-0.05, 0) is 53.6 Å². The van der Waals surface area contributed by atoms with Gasteiger partial charge in [0, 0.05) is 4.90 Å². The molecule has 0 spiro atoms. The summed E-state index contributed by atoms with van der Waals surface area (Å²) in [5, 5.41) is 21.5. The number of carbonyl (C=O) groups is 1. The van der Waals surface area contributed by atoms with Gasteiger partial charge in [-0.1, -0.05) is 12.1 Å². The molecule has 1 aliphatic rings. The predicted octanol–water partition coefficient (Wildman–Crippen LogP) is 2.17. The van der Waals surface area contributed by atoms with E-state index in [2.05, 4.69) is 15.5 Å². The highest BCUT2D eigenvalue weighted by Gasteiger charge is 2.28. The fourth-order valence-corrected chi connectivity index (χ4v) is 2.88. The second-order valence-electron chi connectivity index (χ2n) is 4.50. The second kappa shape index (κ2) is 4.65. The highest BCUT2D eigenvalue weighted by Crippen LogP contribution is 2.39. The molecule has 0 aliphatic heterocycles. The first-order chi connectivity index (χ1) is 9.16. The Morgan fingerprint density at radius 2 is 2.26 bits per heavy atom. The van der Waals surface area contributed by atoms with Gasteiger partial charge >= 0.3 is 5.97 Å². The lowest BCUT2D eigenvalue weighted by Crippen LogP contribution is -2.02. The highest BCUT2D eigenvalue weighted by molar-refractivity contribution is 7.99. The van der Waals surface area contributed by atoms with Crippen molar-refractivity contribution >= 4 is 17.7 Å². The minimum absolute atomic E-state index is 0.287. The smallest absolute Gasteiger partial charge is 0.336 e. The van der Waals surface area contributed by atoms with Gasteiger partial charge in [-0.2, -0.15) is 0 Å². The summed E-state index contributed by atoms with van der Waals surface area (Å²) in [5.74, 6) is -0.934. The molecule has 0 amide bonds. The Morgan fingerprint density at radius 1 is 1.47 bits per heavy atom. The van der Waals surface area contributed by atoms with Gasteiger partial charge in [0.05, 0.1) is 11.6 Å². The first-order valence-corrected chi connectivity index (χ1v) is 6.77. The van der Waals surface area contributed by atoms with Crippen molar-refractivity contribution in [2.24, 2.45) is 0 Å². The Hall–Kier alpha value is -1.89. The molecule has 0 atom stereocenters. The first-order valence-electron chi connectivity index (χ1n) is 5.95. The van der Waals surface area contributed by atoms with Gasteiger partial charge in [0.1, 0.15) is 0 Å². The number of benzene rings is 1. The van der Waals surface area contributed by atoms with E-state index in [9.17, 15) is 9.90 Å². The van der Waals surface area contributed by atoms with Crippen molar-refractivity contribution in [2.75, 3.05) is 0 Å². The fourth-order valence-electron chi connectivity index (χ4n) is 1.85. The van der Waals surface area contributed by atoms with Crippen molar-refractivity contribution in [3.05, 3.63) is 29.3 Å². The van der Waals surface area contributed by atoms with Crippen molar-refractivity contribution in [2.45, 2.75) is 35.9 Å². The summed E-state index contributed by atoms with van der Waals surface area (Å²) >= 11 is 1.32. The zero-order valence-electron chi connectivity index (χ0n) is 10.3. The number of aromatic carboxylic acids is 1. The van der Waals surface area contributed by atoms with Crippen LogP contribution in [0.15, 0.2) is 28.3 Å². The summed E-state index contributed by atoms with van der Waals surface area (Å²) in [6.07, 6.45) is 2.16. The number of hydrogen-bond donors (Lipinski definition) is 1. The monoisotopic (exact) mass is 276 g/mol. The molecule has 1 heterocycles. The Balaban J connectivity index is 1.98. The van der Waals surface area contributed by atoms with Crippen molar-refractivity contribution < 1.29 is 9.90 Å². The van der Waals surface area contributed by atoms with Gasteiger partial charge in [0.25, 0.3) is 0 Å². The van der Waals surface area contributed by atoms with Crippen molar-refractivity contribution in [1.82, 2.24) is 20.2 Å². The summed E-state index contributed by atoms with van der Waals surface area (Å²) in [4.78, 5) is 12.0. The van der Waals surface area contributed by atoms with Crippen LogP contribution in [0.1, 0.15) is 34.8 Å². The lowest BCUT2D eigenvalue weighted by atomic mass is 10.1. The molecule has 6 nitrogen and oxygen atoms in total.